The molecule has 0 radical (unpaired) electrons. The van der Waals surface area contributed by atoms with Crippen LogP contribution in [0.4, 0.5) is 0 Å². The van der Waals surface area contributed by atoms with Crippen molar-refractivity contribution < 1.29 is 12.8 Å². The third-order valence-corrected chi connectivity index (χ3v) is 7.73. The molecule has 0 atom stereocenters. The third kappa shape index (κ3) is 2.72. The summed E-state index contributed by atoms with van der Waals surface area (Å²) >= 11 is 4.65. The minimum Gasteiger partial charge on any atom is -0.468 e. The number of rotatable bonds is 5. The zero-order valence-corrected chi connectivity index (χ0v) is 14.1. The molecule has 0 aromatic carbocycles. The summed E-state index contributed by atoms with van der Waals surface area (Å²) in [6, 6.07) is 5.41. The molecule has 1 aliphatic rings. The van der Waals surface area contributed by atoms with Gasteiger partial charge in [-0.2, -0.15) is 4.31 Å². The van der Waals surface area contributed by atoms with Gasteiger partial charge in [0.1, 0.15) is 9.97 Å². The average molecular weight is 376 g/mol. The lowest BCUT2D eigenvalue weighted by molar-refractivity contribution is 0.357. The van der Waals surface area contributed by atoms with Gasteiger partial charge in [-0.05, 0) is 59.5 Å². The number of nitrogens with zero attached hydrogens (tertiary/aromatic N) is 1. The van der Waals surface area contributed by atoms with Gasteiger partial charge in [-0.15, -0.1) is 11.3 Å². The largest absolute Gasteiger partial charge is 0.468 e. The highest BCUT2D eigenvalue weighted by Crippen LogP contribution is 2.38. The second-order valence-corrected chi connectivity index (χ2v) is 9.37. The van der Waals surface area contributed by atoms with E-state index in [4.69, 9.17) is 4.42 Å². The third-order valence-electron chi connectivity index (χ3n) is 3.24. The Morgan fingerprint density at radius 3 is 2.75 bits per heavy atom. The highest BCUT2D eigenvalue weighted by molar-refractivity contribution is 9.11. The summed E-state index contributed by atoms with van der Waals surface area (Å²) in [7, 11) is -3.45. The van der Waals surface area contributed by atoms with Crippen LogP contribution in [0.5, 0.6) is 0 Å². The van der Waals surface area contributed by atoms with Crippen LogP contribution in [-0.2, 0) is 16.6 Å². The first kappa shape index (κ1) is 14.3. The number of thiophene rings is 1. The molecular weight excluding hydrogens is 362 g/mol. The Labute approximate surface area is 130 Å². The first-order valence-corrected chi connectivity index (χ1v) is 9.33. The first-order chi connectivity index (χ1) is 9.48. The molecule has 3 rings (SSSR count). The molecule has 20 heavy (non-hydrogen) atoms. The number of hydrogen-bond acceptors (Lipinski definition) is 4. The zero-order valence-electron chi connectivity index (χ0n) is 10.9. The summed E-state index contributed by atoms with van der Waals surface area (Å²) in [6.45, 7) is 2.20. The smallest absolute Gasteiger partial charge is 0.253 e. The van der Waals surface area contributed by atoms with Gasteiger partial charge in [0.05, 0.1) is 16.6 Å². The highest BCUT2D eigenvalue weighted by atomic mass is 79.9. The number of hydrogen-bond donors (Lipinski definition) is 0. The van der Waals surface area contributed by atoms with E-state index in [9.17, 15) is 8.42 Å². The molecule has 4 nitrogen and oxygen atoms in total. The molecular formula is C13H14BrNO3S2. The molecule has 1 saturated carbocycles. The van der Waals surface area contributed by atoms with Crippen LogP contribution in [0.2, 0.25) is 0 Å². The van der Waals surface area contributed by atoms with E-state index in [0.717, 1.165) is 22.2 Å². The molecule has 0 aliphatic heterocycles. The number of furan rings is 1. The van der Waals surface area contributed by atoms with E-state index < -0.39 is 10.0 Å². The first-order valence-electron chi connectivity index (χ1n) is 6.28. The summed E-state index contributed by atoms with van der Waals surface area (Å²) in [4.78, 5) is 0. The van der Waals surface area contributed by atoms with E-state index in [1.165, 1.54) is 11.3 Å². The predicted octanol–water partition coefficient (Wildman–Crippen LogP) is 3.77. The van der Waals surface area contributed by atoms with Crippen molar-refractivity contribution in [3.8, 4) is 0 Å². The van der Waals surface area contributed by atoms with Crippen LogP contribution in [0, 0.1) is 6.92 Å². The zero-order chi connectivity index (χ0) is 14.3. The Balaban J connectivity index is 1.93. The monoisotopic (exact) mass is 375 g/mol. The second-order valence-electron chi connectivity index (χ2n) is 4.88. The summed E-state index contributed by atoms with van der Waals surface area (Å²) in [5, 5.41) is 0. The van der Waals surface area contributed by atoms with Crippen molar-refractivity contribution in [1.82, 2.24) is 4.31 Å². The number of halogens is 1. The van der Waals surface area contributed by atoms with Crippen molar-refractivity contribution in [2.45, 2.75) is 36.6 Å². The van der Waals surface area contributed by atoms with Gasteiger partial charge in [0, 0.05) is 6.04 Å². The minimum absolute atomic E-state index is 0.103. The Hall–Kier alpha value is -0.630. The van der Waals surface area contributed by atoms with Crippen molar-refractivity contribution in [2.24, 2.45) is 0 Å². The van der Waals surface area contributed by atoms with Crippen LogP contribution in [0.15, 0.2) is 36.9 Å². The van der Waals surface area contributed by atoms with E-state index in [-0.39, 0.29) is 6.04 Å². The summed E-state index contributed by atoms with van der Waals surface area (Å²) in [5.74, 6) is 0.674. The molecule has 0 N–H and O–H groups in total. The Morgan fingerprint density at radius 2 is 2.25 bits per heavy atom. The maximum absolute atomic E-state index is 12.8. The fraction of sp³-hybridized carbons (Fsp3) is 0.385. The highest BCUT2D eigenvalue weighted by Gasteiger charge is 2.39. The van der Waals surface area contributed by atoms with Crippen LogP contribution in [0.1, 0.15) is 24.2 Å². The van der Waals surface area contributed by atoms with E-state index >= 15 is 0 Å². The molecule has 0 bridgehead atoms. The van der Waals surface area contributed by atoms with Crippen molar-refractivity contribution in [3.63, 3.8) is 0 Å². The predicted molar refractivity (Wildman–Crippen MR) is 81.2 cm³/mol. The van der Waals surface area contributed by atoms with Crippen LogP contribution in [0.3, 0.4) is 0 Å². The Kier molecular flexibility index (Phi) is 3.79. The van der Waals surface area contributed by atoms with E-state index in [1.807, 2.05) is 6.92 Å². The normalized spacial score (nSPS) is 15.9. The summed E-state index contributed by atoms with van der Waals surface area (Å²) in [6.07, 6.45) is 3.41. The fourth-order valence-corrected chi connectivity index (χ4v) is 6.01. The molecule has 1 fully saturated rings. The fourth-order valence-electron chi connectivity index (χ4n) is 2.00. The van der Waals surface area contributed by atoms with E-state index in [2.05, 4.69) is 15.9 Å². The Bertz CT molecular complexity index is 683. The van der Waals surface area contributed by atoms with Gasteiger partial charge in [-0.25, -0.2) is 8.42 Å². The molecule has 0 amide bonds. The molecule has 2 aromatic heterocycles. The minimum atomic E-state index is -3.45. The van der Waals surface area contributed by atoms with Crippen LogP contribution >= 0.6 is 27.3 Å². The van der Waals surface area contributed by atoms with E-state index in [0.29, 0.717) is 16.5 Å². The molecule has 0 unspecified atom stereocenters. The molecule has 108 valence electrons. The van der Waals surface area contributed by atoms with Gasteiger partial charge in [-0.3, -0.25) is 0 Å². The van der Waals surface area contributed by atoms with Gasteiger partial charge >= 0.3 is 0 Å². The van der Waals surface area contributed by atoms with Crippen LogP contribution in [0.25, 0.3) is 0 Å². The summed E-state index contributed by atoms with van der Waals surface area (Å²) < 4.78 is 33.7. The topological polar surface area (TPSA) is 50.5 Å². The molecule has 7 heteroatoms. The quantitative estimate of drug-likeness (QED) is 0.798. The molecule has 2 heterocycles. The SMILES string of the molecule is Cc1cc(S(=O)(=O)N(Cc2ccco2)C2CC2)sc1Br. The van der Waals surface area contributed by atoms with Gasteiger partial charge in [-0.1, -0.05) is 0 Å². The standard InChI is InChI=1S/C13H14BrNO3S2/c1-9-7-12(19-13(9)14)20(16,17)15(10-4-5-10)8-11-3-2-6-18-11/h2-3,6-7,10H,4-5,8H2,1H3. The van der Waals surface area contributed by atoms with Crippen LogP contribution in [-0.4, -0.2) is 18.8 Å². The maximum atomic E-state index is 12.8. The van der Waals surface area contributed by atoms with Gasteiger partial charge in [0.25, 0.3) is 10.0 Å². The average Bonchev–Trinajstić information content (AvgIpc) is 2.98. The van der Waals surface area contributed by atoms with Gasteiger partial charge in [0.15, 0.2) is 0 Å². The van der Waals surface area contributed by atoms with Crippen molar-refractivity contribution in [2.75, 3.05) is 0 Å². The van der Waals surface area contributed by atoms with Gasteiger partial charge < -0.3 is 4.42 Å². The van der Waals surface area contributed by atoms with Crippen molar-refractivity contribution in [3.05, 3.63) is 39.6 Å². The Morgan fingerprint density at radius 1 is 1.50 bits per heavy atom. The summed E-state index contributed by atoms with van der Waals surface area (Å²) in [5.41, 5.74) is 0.947. The lowest BCUT2D eigenvalue weighted by Crippen LogP contribution is -2.32. The number of aryl methyl sites for hydroxylation is 1. The lowest BCUT2D eigenvalue weighted by Gasteiger charge is -2.19. The lowest BCUT2D eigenvalue weighted by atomic mass is 10.4. The van der Waals surface area contributed by atoms with Crippen molar-refractivity contribution in [1.29, 1.82) is 0 Å². The van der Waals surface area contributed by atoms with Crippen molar-refractivity contribution >= 4 is 37.3 Å². The molecule has 0 spiro atoms. The molecule has 2 aromatic rings. The van der Waals surface area contributed by atoms with Gasteiger partial charge in [0.2, 0.25) is 0 Å². The second kappa shape index (κ2) is 5.29. The molecule has 0 saturated heterocycles. The maximum Gasteiger partial charge on any atom is 0.253 e. The number of sulfonamides is 1. The van der Waals surface area contributed by atoms with E-state index in [1.54, 1.807) is 28.8 Å². The van der Waals surface area contributed by atoms with Crippen LogP contribution < -0.4 is 0 Å². The molecule has 1 aliphatic carbocycles.